The van der Waals surface area contributed by atoms with Crippen LogP contribution in [0.1, 0.15) is 93.4 Å². The maximum atomic E-state index is 14.6. The molecule has 3 fully saturated rings. The summed E-state index contributed by atoms with van der Waals surface area (Å²) in [5, 5.41) is 8.44. The van der Waals surface area contributed by atoms with Gasteiger partial charge in [-0.2, -0.15) is 0 Å². The van der Waals surface area contributed by atoms with Crippen LogP contribution in [-0.4, -0.2) is 26.6 Å². The summed E-state index contributed by atoms with van der Waals surface area (Å²) in [6, 6.07) is 0. The molecule has 7 atom stereocenters. The lowest BCUT2D eigenvalue weighted by molar-refractivity contribution is -0.174. The average molecular weight is 529 g/mol. The summed E-state index contributed by atoms with van der Waals surface area (Å²) in [6.45, 7) is 24.4. The van der Waals surface area contributed by atoms with Crippen molar-refractivity contribution in [2.24, 2.45) is 50.2 Å². The van der Waals surface area contributed by atoms with Gasteiger partial charge in [0, 0.05) is 29.5 Å². The summed E-state index contributed by atoms with van der Waals surface area (Å²) in [5.74, 6) is 0.556. The van der Waals surface area contributed by atoms with Gasteiger partial charge < -0.3 is 4.79 Å². The van der Waals surface area contributed by atoms with Crippen LogP contribution in [0.2, 0.25) is 0 Å². The number of hydrogen-bond donors (Lipinski definition) is 0. The molecule has 1 aromatic heterocycles. The van der Waals surface area contributed by atoms with Crippen molar-refractivity contribution < 1.29 is 9.59 Å². The van der Waals surface area contributed by atoms with Gasteiger partial charge in [0.25, 0.3) is 0 Å². The number of Topliss-reactive ketones (excluding diaryl/α,β-unsaturated/α-hetero) is 1. The number of carbonyl (C=O) groups excluding carboxylic acids is 2. The van der Waals surface area contributed by atoms with Gasteiger partial charge in [0.2, 0.25) is 5.70 Å². The third kappa shape index (κ3) is 3.37. The predicted molar refractivity (Wildman–Crippen MR) is 150 cm³/mol. The molecule has 0 radical (unpaired) electrons. The van der Waals surface area contributed by atoms with Crippen LogP contribution in [0.4, 0.5) is 0 Å². The summed E-state index contributed by atoms with van der Waals surface area (Å²) >= 11 is 0. The maximum Gasteiger partial charge on any atom is 0.226 e. The highest BCUT2D eigenvalue weighted by atomic mass is 16.1. The minimum atomic E-state index is -0.626. The summed E-state index contributed by atoms with van der Waals surface area (Å²) in [4.78, 5) is 31.5. The molecular formula is C33H44N4O2. The van der Waals surface area contributed by atoms with Crippen LogP contribution in [0.3, 0.4) is 0 Å². The molecule has 6 rings (SSSR count). The van der Waals surface area contributed by atoms with Gasteiger partial charge in [-0.3, -0.25) is 9.48 Å². The highest BCUT2D eigenvalue weighted by Crippen LogP contribution is 2.74. The molecule has 39 heavy (non-hydrogen) atoms. The first-order valence-electron chi connectivity index (χ1n) is 14.9. The Morgan fingerprint density at radius 1 is 1.03 bits per heavy atom. The Morgan fingerprint density at radius 2 is 1.74 bits per heavy atom. The standard InChI is InChI=1S/C33H44N4O2/c1-28(2)11-13-33(20-37-16-15-35-36-37)14-12-32(7)26(21(33)18-28)23(38)17-25-30(5)19-22(34-8)27(39)29(3,4)24(30)9-10-31(25,32)6/h15-17,19,21,24,26H,9-14,18,20H2,1-7H3/t21-,24-,26-,30-,31+,32+,33+/m0/s1. The van der Waals surface area contributed by atoms with Crippen molar-refractivity contribution in [2.45, 2.75) is 100.0 Å². The minimum absolute atomic E-state index is 0.0363. The zero-order chi connectivity index (χ0) is 28.2. The molecule has 1 heterocycles. The second-order valence-electron chi connectivity index (χ2n) is 15.7. The fourth-order valence-corrected chi connectivity index (χ4v) is 10.6. The van der Waals surface area contributed by atoms with Crippen LogP contribution in [0, 0.1) is 56.8 Å². The van der Waals surface area contributed by atoms with E-state index in [0.29, 0.717) is 0 Å². The molecule has 0 spiro atoms. The van der Waals surface area contributed by atoms with Crippen LogP contribution < -0.4 is 0 Å². The number of ketones is 2. The van der Waals surface area contributed by atoms with E-state index in [0.717, 1.165) is 45.1 Å². The molecule has 5 aliphatic rings. The first-order chi connectivity index (χ1) is 18.1. The van der Waals surface area contributed by atoms with Gasteiger partial charge in [-0.25, -0.2) is 4.85 Å². The van der Waals surface area contributed by atoms with Gasteiger partial charge in [0.1, 0.15) is 0 Å². The summed E-state index contributed by atoms with van der Waals surface area (Å²) in [6.07, 6.45) is 15.0. The Morgan fingerprint density at radius 3 is 2.41 bits per heavy atom. The Kier molecular flexibility index (Phi) is 5.48. The third-order valence-electron chi connectivity index (χ3n) is 13.0. The third-order valence-corrected chi connectivity index (χ3v) is 13.0. The summed E-state index contributed by atoms with van der Waals surface area (Å²) < 4.78 is 1.99. The lowest BCUT2D eigenvalue weighted by Crippen LogP contribution is -2.65. The predicted octanol–water partition coefficient (Wildman–Crippen LogP) is 6.85. The number of rotatable bonds is 2. The van der Waals surface area contributed by atoms with Crippen molar-refractivity contribution in [3.05, 3.63) is 47.2 Å². The van der Waals surface area contributed by atoms with Crippen molar-refractivity contribution >= 4 is 11.6 Å². The Hall–Kier alpha value is -2.55. The highest BCUT2D eigenvalue weighted by molar-refractivity contribution is 6.03. The molecule has 0 bridgehead atoms. The van der Waals surface area contributed by atoms with Crippen molar-refractivity contribution in [3.8, 4) is 0 Å². The van der Waals surface area contributed by atoms with Crippen molar-refractivity contribution in [1.29, 1.82) is 0 Å². The molecule has 3 saturated carbocycles. The first kappa shape index (κ1) is 26.7. The number of carbonyl (C=O) groups is 2. The quantitative estimate of drug-likeness (QED) is 0.394. The Bertz CT molecular complexity index is 1350. The first-order valence-corrected chi connectivity index (χ1v) is 14.9. The second-order valence-corrected chi connectivity index (χ2v) is 15.7. The van der Waals surface area contributed by atoms with Crippen molar-refractivity contribution in [1.82, 2.24) is 15.0 Å². The topological polar surface area (TPSA) is 69.2 Å². The lowest BCUT2D eigenvalue weighted by Gasteiger charge is -2.69. The zero-order valence-electron chi connectivity index (χ0n) is 24.8. The number of fused-ring (bicyclic) bond motifs is 7. The molecule has 0 aliphatic heterocycles. The fraction of sp³-hybridized carbons (Fsp3) is 0.727. The molecular weight excluding hydrogens is 484 g/mol. The van der Waals surface area contributed by atoms with E-state index in [-0.39, 0.29) is 56.7 Å². The molecule has 0 saturated heterocycles. The molecule has 0 amide bonds. The Labute approximate surface area is 233 Å². The Balaban J connectivity index is 1.50. The molecule has 0 unspecified atom stereocenters. The van der Waals surface area contributed by atoms with E-state index in [2.05, 4.69) is 49.8 Å². The molecule has 6 nitrogen and oxygen atoms in total. The van der Waals surface area contributed by atoms with E-state index in [1.807, 2.05) is 36.9 Å². The number of nitrogens with zero attached hydrogens (tertiary/aromatic N) is 4. The van der Waals surface area contributed by atoms with E-state index in [1.165, 1.54) is 12.0 Å². The van der Waals surface area contributed by atoms with Gasteiger partial charge in [0.05, 0.1) is 12.8 Å². The van der Waals surface area contributed by atoms with E-state index in [4.69, 9.17) is 6.57 Å². The van der Waals surface area contributed by atoms with Gasteiger partial charge in [-0.05, 0) is 84.5 Å². The zero-order valence-corrected chi connectivity index (χ0v) is 24.8. The van der Waals surface area contributed by atoms with E-state index in [9.17, 15) is 9.59 Å². The SMILES string of the molecule is [C-]#[N+]C1=C[C@]2(C)C3=CC(=O)[C@@H]4[C@@H]5CC(C)(C)CC[C@]5(Cn5ccnn5)CC[C@@]4(C)[C@]3(C)CC[C@H]2C(C)(C)C1=O. The van der Waals surface area contributed by atoms with E-state index >= 15 is 0 Å². The number of aromatic nitrogens is 3. The molecule has 1 aromatic rings. The fourth-order valence-electron chi connectivity index (χ4n) is 10.6. The van der Waals surface area contributed by atoms with Gasteiger partial charge >= 0.3 is 0 Å². The average Bonchev–Trinajstić information content (AvgIpc) is 3.36. The number of hydrogen-bond acceptors (Lipinski definition) is 4. The van der Waals surface area contributed by atoms with Crippen LogP contribution in [0.5, 0.6) is 0 Å². The second kappa shape index (κ2) is 8.02. The number of allylic oxidation sites excluding steroid dienone is 4. The maximum absolute atomic E-state index is 14.6. The van der Waals surface area contributed by atoms with Gasteiger partial charge in [-0.1, -0.05) is 65.3 Å². The normalized spacial score (nSPS) is 44.1. The minimum Gasteiger partial charge on any atom is -0.307 e. The molecule has 5 aliphatic carbocycles. The molecule has 0 N–H and O–H groups in total. The molecule has 208 valence electrons. The van der Waals surface area contributed by atoms with Crippen molar-refractivity contribution in [3.63, 3.8) is 0 Å². The van der Waals surface area contributed by atoms with Crippen LogP contribution in [0.15, 0.2) is 35.8 Å². The molecule has 6 heteroatoms. The van der Waals surface area contributed by atoms with E-state index in [1.54, 1.807) is 6.20 Å². The summed E-state index contributed by atoms with van der Waals surface area (Å²) in [5.41, 5.74) is 0.215. The van der Waals surface area contributed by atoms with Crippen molar-refractivity contribution in [2.75, 3.05) is 0 Å². The van der Waals surface area contributed by atoms with Gasteiger partial charge in [0.15, 0.2) is 11.6 Å². The van der Waals surface area contributed by atoms with Crippen LogP contribution >= 0.6 is 0 Å². The summed E-state index contributed by atoms with van der Waals surface area (Å²) in [7, 11) is 0. The van der Waals surface area contributed by atoms with Gasteiger partial charge in [-0.15, -0.1) is 5.10 Å². The van der Waals surface area contributed by atoms with E-state index < -0.39 is 10.8 Å². The smallest absolute Gasteiger partial charge is 0.226 e. The highest BCUT2D eigenvalue weighted by Gasteiger charge is 2.69. The lowest BCUT2D eigenvalue weighted by atomic mass is 9.34. The largest absolute Gasteiger partial charge is 0.307 e. The molecule has 0 aromatic carbocycles. The monoisotopic (exact) mass is 528 g/mol. The van der Waals surface area contributed by atoms with Crippen LogP contribution in [-0.2, 0) is 16.1 Å². The van der Waals surface area contributed by atoms with Crippen LogP contribution in [0.25, 0.3) is 4.85 Å².